The molecule has 0 amide bonds. The van der Waals surface area contributed by atoms with Gasteiger partial charge in [0.05, 0.1) is 11.0 Å². The standard InChI is InChI=1S/C17H19N3/c1-11-4-3-5-15-17(11)20-16(19-15)10-12(2)13-6-8-14(18)9-7-13/h3-9,12H,10,18H2,1-2H3,(H,19,20). The van der Waals surface area contributed by atoms with Crippen LogP contribution in [-0.4, -0.2) is 9.97 Å². The highest BCUT2D eigenvalue weighted by Gasteiger charge is 2.10. The van der Waals surface area contributed by atoms with Crippen LogP contribution in [0.2, 0.25) is 0 Å². The van der Waals surface area contributed by atoms with Crippen LogP contribution in [0, 0.1) is 6.92 Å². The van der Waals surface area contributed by atoms with Gasteiger partial charge in [0, 0.05) is 12.1 Å². The van der Waals surface area contributed by atoms with E-state index in [2.05, 4.69) is 49.2 Å². The number of nitrogen functional groups attached to an aromatic ring is 1. The molecule has 1 aromatic heterocycles. The molecule has 3 heteroatoms. The number of nitrogens with two attached hydrogens (primary N) is 1. The number of hydrogen-bond donors (Lipinski definition) is 2. The molecule has 1 atom stereocenters. The Morgan fingerprint density at radius 3 is 2.60 bits per heavy atom. The predicted octanol–water partition coefficient (Wildman–Crippen LogP) is 3.80. The smallest absolute Gasteiger partial charge is 0.107 e. The van der Waals surface area contributed by atoms with E-state index in [4.69, 9.17) is 10.7 Å². The number of nitrogens with one attached hydrogen (secondary N) is 1. The number of para-hydroxylation sites is 1. The van der Waals surface area contributed by atoms with E-state index in [0.717, 1.165) is 29.0 Å². The third-order valence-electron chi connectivity index (χ3n) is 3.77. The molecule has 0 saturated carbocycles. The Kier molecular flexibility index (Phi) is 3.18. The summed E-state index contributed by atoms with van der Waals surface area (Å²) in [5.41, 5.74) is 11.2. The second-order valence-electron chi connectivity index (χ2n) is 5.43. The molecule has 0 aliphatic heterocycles. The third kappa shape index (κ3) is 2.39. The minimum atomic E-state index is 0.413. The van der Waals surface area contributed by atoms with Crippen molar-refractivity contribution in [2.45, 2.75) is 26.2 Å². The molecule has 3 aromatic rings. The van der Waals surface area contributed by atoms with Crippen LogP contribution >= 0.6 is 0 Å². The van der Waals surface area contributed by atoms with Crippen LogP contribution in [0.15, 0.2) is 42.5 Å². The van der Waals surface area contributed by atoms with Crippen molar-refractivity contribution in [3.63, 3.8) is 0 Å². The largest absolute Gasteiger partial charge is 0.399 e. The van der Waals surface area contributed by atoms with Gasteiger partial charge in [0.2, 0.25) is 0 Å². The van der Waals surface area contributed by atoms with E-state index in [-0.39, 0.29) is 0 Å². The van der Waals surface area contributed by atoms with Crippen LogP contribution < -0.4 is 5.73 Å². The Bertz CT molecular complexity index is 726. The van der Waals surface area contributed by atoms with Gasteiger partial charge in [-0.15, -0.1) is 0 Å². The minimum Gasteiger partial charge on any atom is -0.399 e. The number of fused-ring (bicyclic) bond motifs is 1. The van der Waals surface area contributed by atoms with E-state index in [1.165, 1.54) is 11.1 Å². The van der Waals surface area contributed by atoms with Gasteiger partial charge < -0.3 is 10.7 Å². The number of rotatable bonds is 3. The molecule has 3 rings (SSSR count). The number of nitrogens with zero attached hydrogens (tertiary/aromatic N) is 1. The molecule has 0 aliphatic rings. The molecule has 0 aliphatic carbocycles. The number of anilines is 1. The summed E-state index contributed by atoms with van der Waals surface area (Å²) in [5, 5.41) is 0. The first kappa shape index (κ1) is 12.7. The van der Waals surface area contributed by atoms with Crippen LogP contribution in [0.5, 0.6) is 0 Å². The summed E-state index contributed by atoms with van der Waals surface area (Å²) in [6.07, 6.45) is 0.901. The maximum atomic E-state index is 5.73. The summed E-state index contributed by atoms with van der Waals surface area (Å²) >= 11 is 0. The summed E-state index contributed by atoms with van der Waals surface area (Å²) in [5.74, 6) is 1.45. The Morgan fingerprint density at radius 2 is 1.90 bits per heavy atom. The van der Waals surface area contributed by atoms with Gasteiger partial charge in [-0.1, -0.05) is 31.2 Å². The third-order valence-corrected chi connectivity index (χ3v) is 3.77. The molecule has 102 valence electrons. The Labute approximate surface area is 118 Å². The number of benzene rings is 2. The van der Waals surface area contributed by atoms with Crippen LogP contribution in [-0.2, 0) is 6.42 Å². The van der Waals surface area contributed by atoms with Gasteiger partial charge in [-0.25, -0.2) is 4.98 Å². The number of hydrogen-bond acceptors (Lipinski definition) is 2. The molecule has 20 heavy (non-hydrogen) atoms. The van der Waals surface area contributed by atoms with Crippen molar-refractivity contribution >= 4 is 16.7 Å². The highest BCUT2D eigenvalue weighted by Crippen LogP contribution is 2.22. The van der Waals surface area contributed by atoms with Gasteiger partial charge in [0.1, 0.15) is 5.82 Å². The highest BCUT2D eigenvalue weighted by atomic mass is 14.9. The first-order valence-corrected chi connectivity index (χ1v) is 6.93. The lowest BCUT2D eigenvalue weighted by atomic mass is 9.97. The number of imidazole rings is 1. The van der Waals surface area contributed by atoms with Gasteiger partial charge >= 0.3 is 0 Å². The molecular weight excluding hydrogens is 246 g/mol. The van der Waals surface area contributed by atoms with Gasteiger partial charge in [-0.3, -0.25) is 0 Å². The van der Waals surface area contributed by atoms with Crippen molar-refractivity contribution in [2.75, 3.05) is 5.73 Å². The van der Waals surface area contributed by atoms with Gasteiger partial charge in [0.15, 0.2) is 0 Å². The van der Waals surface area contributed by atoms with Crippen molar-refractivity contribution in [3.8, 4) is 0 Å². The zero-order valence-electron chi connectivity index (χ0n) is 11.9. The summed E-state index contributed by atoms with van der Waals surface area (Å²) in [6.45, 7) is 4.31. The van der Waals surface area contributed by atoms with Crippen molar-refractivity contribution in [3.05, 3.63) is 59.4 Å². The van der Waals surface area contributed by atoms with Crippen LogP contribution in [0.4, 0.5) is 5.69 Å². The van der Waals surface area contributed by atoms with Gasteiger partial charge in [0.25, 0.3) is 0 Å². The number of aromatic amines is 1. The molecule has 0 fully saturated rings. The Morgan fingerprint density at radius 1 is 1.15 bits per heavy atom. The van der Waals surface area contributed by atoms with Crippen molar-refractivity contribution < 1.29 is 0 Å². The molecule has 1 unspecified atom stereocenters. The Hall–Kier alpha value is -2.29. The van der Waals surface area contributed by atoms with E-state index in [9.17, 15) is 0 Å². The normalized spacial score (nSPS) is 12.7. The topological polar surface area (TPSA) is 54.7 Å². The molecule has 3 N–H and O–H groups in total. The van der Waals surface area contributed by atoms with E-state index < -0.39 is 0 Å². The van der Waals surface area contributed by atoms with Crippen molar-refractivity contribution in [1.29, 1.82) is 0 Å². The average molecular weight is 265 g/mol. The molecular formula is C17H19N3. The van der Waals surface area contributed by atoms with Crippen molar-refractivity contribution in [1.82, 2.24) is 9.97 Å². The van der Waals surface area contributed by atoms with E-state index in [1.807, 2.05) is 12.1 Å². The van der Waals surface area contributed by atoms with Gasteiger partial charge in [-0.2, -0.15) is 0 Å². The lowest BCUT2D eigenvalue weighted by molar-refractivity contribution is 0.729. The zero-order chi connectivity index (χ0) is 14.1. The van der Waals surface area contributed by atoms with Gasteiger partial charge in [-0.05, 0) is 42.2 Å². The maximum Gasteiger partial charge on any atom is 0.107 e. The van der Waals surface area contributed by atoms with E-state index in [0.29, 0.717) is 5.92 Å². The molecule has 3 nitrogen and oxygen atoms in total. The summed E-state index contributed by atoms with van der Waals surface area (Å²) in [6, 6.07) is 14.3. The molecule has 1 heterocycles. The fourth-order valence-electron chi connectivity index (χ4n) is 2.56. The highest BCUT2D eigenvalue weighted by molar-refractivity contribution is 5.78. The quantitative estimate of drug-likeness (QED) is 0.708. The summed E-state index contributed by atoms with van der Waals surface area (Å²) in [7, 11) is 0. The average Bonchev–Trinajstić information content (AvgIpc) is 2.83. The predicted molar refractivity (Wildman–Crippen MR) is 83.8 cm³/mol. The SMILES string of the molecule is Cc1cccc2[nH]c(CC(C)c3ccc(N)cc3)nc12. The fourth-order valence-corrected chi connectivity index (χ4v) is 2.56. The van der Waals surface area contributed by atoms with E-state index >= 15 is 0 Å². The second-order valence-corrected chi connectivity index (χ2v) is 5.43. The minimum absolute atomic E-state index is 0.413. The van der Waals surface area contributed by atoms with Crippen LogP contribution in [0.25, 0.3) is 11.0 Å². The zero-order valence-corrected chi connectivity index (χ0v) is 11.9. The molecule has 0 spiro atoms. The van der Waals surface area contributed by atoms with Crippen LogP contribution in [0.3, 0.4) is 0 Å². The first-order chi connectivity index (χ1) is 9.63. The van der Waals surface area contributed by atoms with Crippen LogP contribution in [0.1, 0.15) is 29.8 Å². The summed E-state index contributed by atoms with van der Waals surface area (Å²) < 4.78 is 0. The molecule has 0 radical (unpaired) electrons. The maximum absolute atomic E-state index is 5.73. The second kappa shape index (κ2) is 5.00. The monoisotopic (exact) mass is 265 g/mol. The molecule has 0 saturated heterocycles. The number of aryl methyl sites for hydroxylation is 1. The number of H-pyrrole nitrogens is 1. The lowest BCUT2D eigenvalue weighted by Gasteiger charge is -2.10. The summed E-state index contributed by atoms with van der Waals surface area (Å²) in [4.78, 5) is 8.13. The Balaban J connectivity index is 1.85. The van der Waals surface area contributed by atoms with Crippen molar-refractivity contribution in [2.24, 2.45) is 0 Å². The number of aromatic nitrogens is 2. The lowest BCUT2D eigenvalue weighted by Crippen LogP contribution is -2.00. The fraction of sp³-hybridized carbons (Fsp3) is 0.235. The first-order valence-electron chi connectivity index (χ1n) is 6.93. The van der Waals surface area contributed by atoms with E-state index in [1.54, 1.807) is 0 Å². The molecule has 2 aromatic carbocycles. The molecule has 0 bridgehead atoms.